The Kier molecular flexibility index (Phi) is 3.94. The van der Waals surface area contributed by atoms with E-state index in [1.165, 1.54) is 17.7 Å². The average Bonchev–Trinajstić information content (AvgIpc) is 3.35. The molecule has 4 rings (SSSR count). The molecule has 3 unspecified atom stereocenters. The van der Waals surface area contributed by atoms with Crippen LogP contribution in [0.5, 0.6) is 0 Å². The number of nitrogen functional groups attached to an aromatic ring is 1. The van der Waals surface area contributed by atoms with E-state index in [0.717, 1.165) is 36.6 Å². The summed E-state index contributed by atoms with van der Waals surface area (Å²) < 4.78 is 26.9. The minimum Gasteiger partial charge on any atom is -0.399 e. The number of aryl methyl sites for hydroxylation is 1. The Balaban J connectivity index is 1.46. The number of amides is 1. The van der Waals surface area contributed by atoms with Gasteiger partial charge in [0.1, 0.15) is 11.6 Å². The van der Waals surface area contributed by atoms with E-state index < -0.39 is 11.6 Å². The molecule has 3 N–H and O–H groups in total. The lowest BCUT2D eigenvalue weighted by atomic mass is 9.87. The third-order valence-electron chi connectivity index (χ3n) is 5.29. The third-order valence-corrected chi connectivity index (χ3v) is 5.29. The molecule has 0 bridgehead atoms. The summed E-state index contributed by atoms with van der Waals surface area (Å²) in [5.74, 6) is -1.61. The Hall–Kier alpha value is -2.43. The smallest absolute Gasteiger partial charge is 0.224 e. The Morgan fingerprint density at radius 3 is 2.72 bits per heavy atom. The first kappa shape index (κ1) is 16.1. The predicted molar refractivity (Wildman–Crippen MR) is 91.9 cm³/mol. The lowest BCUT2D eigenvalue weighted by Crippen LogP contribution is -2.32. The fraction of sp³-hybridized carbons (Fsp3) is 0.350. The molecule has 0 aliphatic heterocycles. The molecular weight excluding hydrogens is 322 g/mol. The summed E-state index contributed by atoms with van der Waals surface area (Å²) in [7, 11) is 0. The fourth-order valence-corrected chi connectivity index (χ4v) is 3.89. The molecule has 3 nitrogen and oxygen atoms in total. The molecule has 0 saturated heterocycles. The number of rotatable bonds is 3. The number of nitrogens with two attached hydrogens (primary N) is 1. The molecule has 5 heteroatoms. The van der Waals surface area contributed by atoms with Gasteiger partial charge in [-0.3, -0.25) is 4.79 Å². The van der Waals surface area contributed by atoms with Gasteiger partial charge in [0.2, 0.25) is 5.91 Å². The van der Waals surface area contributed by atoms with Gasteiger partial charge >= 0.3 is 0 Å². The molecule has 0 heterocycles. The molecule has 2 aliphatic carbocycles. The van der Waals surface area contributed by atoms with E-state index in [4.69, 9.17) is 5.73 Å². The van der Waals surface area contributed by atoms with Crippen LogP contribution in [0.25, 0.3) is 0 Å². The van der Waals surface area contributed by atoms with Crippen molar-refractivity contribution in [2.24, 2.45) is 5.92 Å². The van der Waals surface area contributed by atoms with Crippen LogP contribution in [0.3, 0.4) is 0 Å². The lowest BCUT2D eigenvalue weighted by Gasteiger charge is -2.26. The highest BCUT2D eigenvalue weighted by atomic mass is 19.1. The predicted octanol–water partition coefficient (Wildman–Crippen LogP) is 3.84. The summed E-state index contributed by atoms with van der Waals surface area (Å²) in [6, 6.07) is 9.37. The highest BCUT2D eigenvalue weighted by Crippen LogP contribution is 2.49. The van der Waals surface area contributed by atoms with E-state index in [-0.39, 0.29) is 23.8 Å². The van der Waals surface area contributed by atoms with Crippen LogP contribution in [0.15, 0.2) is 36.4 Å². The standard InChI is InChI=1S/C20H20F2N2O/c21-12-4-6-15(18(22)9-12)16-10-17(16)20(25)24-19-3-1-2-11-8-13(23)5-7-14(11)19/h4-9,16-17,19H,1-3,10,23H2,(H,24,25). The van der Waals surface area contributed by atoms with Gasteiger partial charge in [0, 0.05) is 17.7 Å². The highest BCUT2D eigenvalue weighted by Gasteiger charge is 2.45. The van der Waals surface area contributed by atoms with Crippen LogP contribution in [0, 0.1) is 17.6 Å². The number of anilines is 1. The van der Waals surface area contributed by atoms with Gasteiger partial charge in [-0.15, -0.1) is 0 Å². The zero-order valence-electron chi connectivity index (χ0n) is 13.8. The zero-order valence-corrected chi connectivity index (χ0v) is 13.8. The van der Waals surface area contributed by atoms with Gasteiger partial charge in [-0.05, 0) is 66.5 Å². The van der Waals surface area contributed by atoms with Gasteiger partial charge in [-0.25, -0.2) is 8.78 Å². The van der Waals surface area contributed by atoms with Crippen LogP contribution < -0.4 is 11.1 Å². The van der Waals surface area contributed by atoms with Crippen LogP contribution in [0.4, 0.5) is 14.5 Å². The maximum absolute atomic E-state index is 13.9. The molecule has 3 atom stereocenters. The molecule has 1 fully saturated rings. The normalized spacial score (nSPS) is 24.5. The van der Waals surface area contributed by atoms with E-state index in [0.29, 0.717) is 12.0 Å². The fourth-order valence-electron chi connectivity index (χ4n) is 3.89. The van der Waals surface area contributed by atoms with Crippen LogP contribution in [0.1, 0.15) is 47.9 Å². The SMILES string of the molecule is Nc1ccc2c(c1)CCCC2NC(=O)C1CC1c1ccc(F)cc1F. The summed E-state index contributed by atoms with van der Waals surface area (Å²) in [6.07, 6.45) is 3.47. The number of carbonyl (C=O) groups excluding carboxylic acids is 1. The summed E-state index contributed by atoms with van der Waals surface area (Å²) in [6.45, 7) is 0. The first-order chi connectivity index (χ1) is 12.0. The van der Waals surface area contributed by atoms with Crippen molar-refractivity contribution in [3.8, 4) is 0 Å². The van der Waals surface area contributed by atoms with Crippen molar-refractivity contribution in [3.63, 3.8) is 0 Å². The number of fused-ring (bicyclic) bond motifs is 1. The van der Waals surface area contributed by atoms with Crippen molar-refractivity contribution in [3.05, 3.63) is 64.7 Å². The third kappa shape index (κ3) is 3.11. The molecule has 25 heavy (non-hydrogen) atoms. The molecule has 2 aromatic carbocycles. The van der Waals surface area contributed by atoms with E-state index in [1.54, 1.807) is 0 Å². The van der Waals surface area contributed by atoms with Crippen molar-refractivity contribution in [2.75, 3.05) is 5.73 Å². The first-order valence-corrected chi connectivity index (χ1v) is 8.66. The Bertz CT molecular complexity index is 836. The topological polar surface area (TPSA) is 55.1 Å². The second-order valence-corrected chi connectivity index (χ2v) is 7.03. The molecule has 0 aromatic heterocycles. The lowest BCUT2D eigenvalue weighted by molar-refractivity contribution is -0.123. The largest absolute Gasteiger partial charge is 0.399 e. The van der Waals surface area contributed by atoms with Gasteiger partial charge in [-0.1, -0.05) is 12.1 Å². The maximum Gasteiger partial charge on any atom is 0.224 e. The van der Waals surface area contributed by atoms with Crippen molar-refractivity contribution in [2.45, 2.75) is 37.6 Å². The second-order valence-electron chi connectivity index (χ2n) is 7.03. The number of benzene rings is 2. The average molecular weight is 342 g/mol. The molecule has 0 radical (unpaired) electrons. The van der Waals surface area contributed by atoms with Crippen LogP contribution >= 0.6 is 0 Å². The molecule has 0 spiro atoms. The maximum atomic E-state index is 13.9. The van der Waals surface area contributed by atoms with Crippen molar-refractivity contribution >= 4 is 11.6 Å². The number of nitrogens with one attached hydrogen (secondary N) is 1. The van der Waals surface area contributed by atoms with Crippen molar-refractivity contribution in [1.29, 1.82) is 0 Å². The summed E-state index contributed by atoms with van der Waals surface area (Å²) in [5, 5.41) is 3.11. The first-order valence-electron chi connectivity index (χ1n) is 8.66. The number of hydrogen-bond donors (Lipinski definition) is 2. The molecule has 2 aliphatic rings. The number of halogens is 2. The summed E-state index contributed by atoms with van der Waals surface area (Å²) in [4.78, 5) is 12.6. The van der Waals surface area contributed by atoms with Crippen LogP contribution in [-0.2, 0) is 11.2 Å². The summed E-state index contributed by atoms with van der Waals surface area (Å²) in [5.41, 5.74) is 9.32. The quantitative estimate of drug-likeness (QED) is 0.833. The van der Waals surface area contributed by atoms with E-state index in [9.17, 15) is 13.6 Å². The molecule has 1 saturated carbocycles. The monoisotopic (exact) mass is 342 g/mol. The Morgan fingerprint density at radius 2 is 1.92 bits per heavy atom. The van der Waals surface area contributed by atoms with Crippen LogP contribution in [-0.4, -0.2) is 5.91 Å². The van der Waals surface area contributed by atoms with E-state index >= 15 is 0 Å². The minimum absolute atomic E-state index is 0.0174. The highest BCUT2D eigenvalue weighted by molar-refractivity contribution is 5.83. The van der Waals surface area contributed by atoms with Gasteiger partial charge in [0.25, 0.3) is 0 Å². The van der Waals surface area contributed by atoms with Crippen molar-refractivity contribution in [1.82, 2.24) is 5.32 Å². The molecular formula is C20H20F2N2O. The molecule has 130 valence electrons. The van der Waals surface area contributed by atoms with Crippen molar-refractivity contribution < 1.29 is 13.6 Å². The van der Waals surface area contributed by atoms with Gasteiger partial charge in [0.15, 0.2) is 0 Å². The Labute approximate surface area is 145 Å². The van der Waals surface area contributed by atoms with Gasteiger partial charge in [-0.2, -0.15) is 0 Å². The second kappa shape index (κ2) is 6.14. The molecule has 1 amide bonds. The Morgan fingerprint density at radius 1 is 1.12 bits per heavy atom. The van der Waals surface area contributed by atoms with Gasteiger partial charge in [0.05, 0.1) is 6.04 Å². The van der Waals surface area contributed by atoms with E-state index in [2.05, 4.69) is 5.32 Å². The zero-order chi connectivity index (χ0) is 17.6. The van der Waals surface area contributed by atoms with Crippen LogP contribution in [0.2, 0.25) is 0 Å². The number of carbonyl (C=O) groups is 1. The minimum atomic E-state index is -0.596. The number of hydrogen-bond acceptors (Lipinski definition) is 2. The van der Waals surface area contributed by atoms with Gasteiger partial charge < -0.3 is 11.1 Å². The summed E-state index contributed by atoms with van der Waals surface area (Å²) >= 11 is 0. The van der Waals surface area contributed by atoms with E-state index in [1.807, 2.05) is 18.2 Å². The molecule has 2 aromatic rings.